The van der Waals surface area contributed by atoms with E-state index in [0.717, 1.165) is 51.2 Å². The monoisotopic (exact) mass is 438 g/mol. The Morgan fingerprint density at radius 2 is 2.03 bits per heavy atom. The highest BCUT2D eigenvalue weighted by atomic mass is 16.6. The zero-order valence-electron chi connectivity index (χ0n) is 19.9. The van der Waals surface area contributed by atoms with Gasteiger partial charge < -0.3 is 14.4 Å². The van der Waals surface area contributed by atoms with E-state index in [1.165, 1.54) is 24.1 Å². The summed E-state index contributed by atoms with van der Waals surface area (Å²) in [7, 11) is 1.70. The van der Waals surface area contributed by atoms with Gasteiger partial charge in [-0.2, -0.15) is 0 Å². The third kappa shape index (κ3) is 3.83. The lowest BCUT2D eigenvalue weighted by Gasteiger charge is -2.50. The molecule has 2 aliphatic carbocycles. The number of anilines is 1. The van der Waals surface area contributed by atoms with Crippen molar-refractivity contribution in [2.75, 3.05) is 38.2 Å². The molecule has 0 spiro atoms. The number of rotatable bonds is 4. The van der Waals surface area contributed by atoms with Gasteiger partial charge in [0.25, 0.3) is 0 Å². The van der Waals surface area contributed by atoms with Crippen LogP contribution in [0, 0.1) is 23.2 Å². The van der Waals surface area contributed by atoms with Gasteiger partial charge in [-0.25, -0.2) is 0 Å². The Kier molecular flexibility index (Phi) is 5.73. The number of allylic oxidation sites excluding steroid dienone is 1. The second-order valence-electron chi connectivity index (χ2n) is 10.9. The molecule has 0 aromatic heterocycles. The quantitative estimate of drug-likeness (QED) is 0.511. The molecular weight excluding hydrogens is 400 g/mol. The molecule has 2 saturated heterocycles. The first-order valence-electron chi connectivity index (χ1n) is 12.4. The van der Waals surface area contributed by atoms with Gasteiger partial charge in [0.1, 0.15) is 11.9 Å². The number of benzene rings is 1. The first kappa shape index (κ1) is 21.8. The van der Waals surface area contributed by atoms with Crippen molar-refractivity contribution < 1.29 is 14.3 Å². The van der Waals surface area contributed by atoms with E-state index in [-0.39, 0.29) is 23.4 Å². The second-order valence-corrected chi connectivity index (χ2v) is 10.9. The van der Waals surface area contributed by atoms with Crippen molar-refractivity contribution >= 4 is 11.7 Å². The fourth-order valence-corrected chi connectivity index (χ4v) is 7.10. The summed E-state index contributed by atoms with van der Waals surface area (Å²) in [6, 6.07) is 8.73. The first-order chi connectivity index (χ1) is 15.4. The minimum atomic E-state index is 0.0130. The average molecular weight is 439 g/mol. The normalized spacial score (nSPS) is 37.6. The molecule has 4 aliphatic rings. The van der Waals surface area contributed by atoms with Gasteiger partial charge in [-0.15, -0.1) is 0 Å². The Morgan fingerprint density at radius 3 is 2.75 bits per heavy atom. The molecule has 0 N–H and O–H groups in total. The Bertz CT molecular complexity index is 868. The third-order valence-corrected chi connectivity index (χ3v) is 8.89. The maximum absolute atomic E-state index is 12.9. The van der Waals surface area contributed by atoms with E-state index >= 15 is 0 Å². The van der Waals surface area contributed by atoms with Gasteiger partial charge in [-0.3, -0.25) is 9.69 Å². The van der Waals surface area contributed by atoms with Gasteiger partial charge in [-0.05, 0) is 74.6 Å². The Hall–Kier alpha value is -2.01. The summed E-state index contributed by atoms with van der Waals surface area (Å²) in [4.78, 5) is 17.9. The van der Waals surface area contributed by atoms with Crippen LogP contribution in [-0.2, 0) is 9.53 Å². The van der Waals surface area contributed by atoms with E-state index in [0.29, 0.717) is 17.9 Å². The molecule has 1 aromatic rings. The van der Waals surface area contributed by atoms with E-state index in [4.69, 9.17) is 9.47 Å². The zero-order chi connectivity index (χ0) is 22.5. The molecule has 2 saturated carbocycles. The number of ether oxygens (including phenoxy) is 2. The summed E-state index contributed by atoms with van der Waals surface area (Å²) in [5.74, 6) is 1.85. The third-order valence-electron chi connectivity index (χ3n) is 8.89. The Morgan fingerprint density at radius 1 is 1.25 bits per heavy atom. The lowest BCUT2D eigenvalue weighted by Crippen LogP contribution is -2.54. The lowest BCUT2D eigenvalue weighted by atomic mass is 9.55. The number of hydrogen-bond donors (Lipinski definition) is 0. The van der Waals surface area contributed by atoms with Crippen LogP contribution in [0.4, 0.5) is 5.69 Å². The predicted octanol–water partition coefficient (Wildman–Crippen LogP) is 4.52. The number of carbonyl (C=O) groups is 1. The molecule has 4 fully saturated rings. The average Bonchev–Trinajstić information content (AvgIpc) is 3.06. The number of carbonyl (C=O) groups excluding carboxylic acids is 1. The van der Waals surface area contributed by atoms with Gasteiger partial charge in [0, 0.05) is 43.8 Å². The topological polar surface area (TPSA) is 42.0 Å². The molecule has 174 valence electrons. The summed E-state index contributed by atoms with van der Waals surface area (Å²) in [6.45, 7) is 12.9. The van der Waals surface area contributed by atoms with Crippen molar-refractivity contribution in [3.8, 4) is 5.75 Å². The number of fused-ring (bicyclic) bond motifs is 2. The van der Waals surface area contributed by atoms with Crippen LogP contribution in [0.15, 0.2) is 36.4 Å². The first-order valence-corrected chi connectivity index (χ1v) is 12.4. The molecule has 0 bridgehead atoms. The molecule has 32 heavy (non-hydrogen) atoms. The van der Waals surface area contributed by atoms with Crippen molar-refractivity contribution in [2.45, 2.75) is 58.1 Å². The highest BCUT2D eigenvalue weighted by Gasteiger charge is 2.55. The van der Waals surface area contributed by atoms with E-state index in [1.807, 2.05) is 12.1 Å². The molecule has 6 atom stereocenters. The molecule has 5 heteroatoms. The summed E-state index contributed by atoms with van der Waals surface area (Å²) in [5, 5.41) is 0. The highest BCUT2D eigenvalue weighted by Crippen LogP contribution is 2.57. The van der Waals surface area contributed by atoms with Crippen LogP contribution in [0.5, 0.6) is 5.75 Å². The lowest BCUT2D eigenvalue weighted by molar-refractivity contribution is -0.146. The van der Waals surface area contributed by atoms with Crippen molar-refractivity contribution in [1.29, 1.82) is 0 Å². The highest BCUT2D eigenvalue weighted by molar-refractivity contribution is 5.75. The standard InChI is InChI=1S/C27H38N2O3/c1-18-6-5-11-27(3)15-25-22(14-24(18)27)23(26(30)32-25)17-28-12-13-29(19(2)16-28)20-7-9-21(31-4)10-8-20/h7-10,19,22-25H,1,5-6,11-17H2,2-4H3/t19-,22-,23-,24-,25-,27-/m1/s1. The van der Waals surface area contributed by atoms with Crippen molar-refractivity contribution in [2.24, 2.45) is 23.2 Å². The number of methoxy groups -OCH3 is 1. The molecule has 5 rings (SSSR count). The van der Waals surface area contributed by atoms with E-state index in [9.17, 15) is 4.79 Å². The summed E-state index contributed by atoms with van der Waals surface area (Å²) in [6.07, 6.45) is 5.84. The fraction of sp³-hybridized carbons (Fsp3) is 0.667. The van der Waals surface area contributed by atoms with Crippen LogP contribution in [-0.4, -0.2) is 56.3 Å². The molecular formula is C27H38N2O3. The van der Waals surface area contributed by atoms with Crippen LogP contribution in [0.3, 0.4) is 0 Å². The summed E-state index contributed by atoms with van der Waals surface area (Å²) >= 11 is 0. The Labute approximate surface area is 192 Å². The number of piperazine rings is 1. The van der Waals surface area contributed by atoms with Gasteiger partial charge in [-0.1, -0.05) is 19.1 Å². The molecule has 1 aromatic carbocycles. The smallest absolute Gasteiger partial charge is 0.310 e. The minimum absolute atomic E-state index is 0.0130. The molecule has 2 heterocycles. The van der Waals surface area contributed by atoms with E-state index in [2.05, 4.69) is 42.4 Å². The Balaban J connectivity index is 1.24. The number of esters is 1. The largest absolute Gasteiger partial charge is 0.497 e. The van der Waals surface area contributed by atoms with Gasteiger partial charge in [0.05, 0.1) is 13.0 Å². The molecule has 5 nitrogen and oxygen atoms in total. The predicted molar refractivity (Wildman–Crippen MR) is 127 cm³/mol. The van der Waals surface area contributed by atoms with E-state index < -0.39 is 0 Å². The van der Waals surface area contributed by atoms with Gasteiger partial charge in [0.15, 0.2) is 0 Å². The van der Waals surface area contributed by atoms with E-state index in [1.54, 1.807) is 7.11 Å². The molecule has 0 radical (unpaired) electrons. The second kappa shape index (κ2) is 8.40. The van der Waals surface area contributed by atoms with Crippen LogP contribution in [0.2, 0.25) is 0 Å². The van der Waals surface area contributed by atoms with Gasteiger partial charge >= 0.3 is 5.97 Å². The maximum atomic E-state index is 12.9. The molecule has 0 unspecified atom stereocenters. The van der Waals surface area contributed by atoms with Crippen molar-refractivity contribution in [1.82, 2.24) is 4.90 Å². The number of hydrogen-bond acceptors (Lipinski definition) is 5. The summed E-state index contributed by atoms with van der Waals surface area (Å²) in [5.41, 5.74) is 2.92. The van der Waals surface area contributed by atoms with Crippen LogP contribution < -0.4 is 9.64 Å². The fourth-order valence-electron chi connectivity index (χ4n) is 7.10. The maximum Gasteiger partial charge on any atom is 0.310 e. The zero-order valence-corrected chi connectivity index (χ0v) is 19.9. The van der Waals surface area contributed by atoms with Crippen molar-refractivity contribution in [3.63, 3.8) is 0 Å². The minimum Gasteiger partial charge on any atom is -0.497 e. The van der Waals surface area contributed by atoms with Crippen LogP contribution in [0.25, 0.3) is 0 Å². The number of nitrogens with zero attached hydrogens (tertiary/aromatic N) is 2. The molecule has 0 amide bonds. The molecule has 2 aliphatic heterocycles. The van der Waals surface area contributed by atoms with Crippen molar-refractivity contribution in [3.05, 3.63) is 36.4 Å². The van der Waals surface area contributed by atoms with Gasteiger partial charge in [0.2, 0.25) is 0 Å². The van der Waals surface area contributed by atoms with Crippen LogP contribution in [0.1, 0.15) is 46.0 Å². The van der Waals surface area contributed by atoms with Crippen LogP contribution >= 0.6 is 0 Å². The SMILES string of the molecule is C=C1CCC[C@]2(C)C[C@H]3OC(=O)[C@H](CN4CCN(c5ccc(OC)cc5)[C@H](C)C4)[C@H]3C[C@H]12. The summed E-state index contributed by atoms with van der Waals surface area (Å²) < 4.78 is 11.3.